The van der Waals surface area contributed by atoms with Crippen LogP contribution in [-0.2, 0) is 22.6 Å². The fourth-order valence-corrected chi connectivity index (χ4v) is 2.47. The first-order valence-electron chi connectivity index (χ1n) is 7.39. The van der Waals surface area contributed by atoms with Crippen LogP contribution in [-0.4, -0.2) is 22.5 Å². The molecule has 0 atom stereocenters. The Labute approximate surface area is 134 Å². The van der Waals surface area contributed by atoms with Crippen molar-refractivity contribution in [3.63, 3.8) is 0 Å². The number of nitrogens with zero attached hydrogens (tertiary/aromatic N) is 2. The van der Waals surface area contributed by atoms with E-state index in [1.165, 1.54) is 7.11 Å². The van der Waals surface area contributed by atoms with Gasteiger partial charge in [-0.2, -0.15) is 0 Å². The topological polar surface area (TPSA) is 52.8 Å². The molecule has 0 unspecified atom stereocenters. The Kier molecular flexibility index (Phi) is 4.28. The summed E-state index contributed by atoms with van der Waals surface area (Å²) in [4.78, 5) is 16.1. The van der Waals surface area contributed by atoms with Gasteiger partial charge in [-0.25, -0.2) is 4.98 Å². The molecule has 3 aromatic rings. The molecule has 3 rings (SSSR count). The van der Waals surface area contributed by atoms with Crippen LogP contribution in [0.25, 0.3) is 5.65 Å². The van der Waals surface area contributed by atoms with Crippen LogP contribution in [0.4, 0.5) is 0 Å². The summed E-state index contributed by atoms with van der Waals surface area (Å²) in [6, 6.07) is 13.7. The molecule has 0 radical (unpaired) electrons. The van der Waals surface area contributed by atoms with Gasteiger partial charge in [-0.3, -0.25) is 4.79 Å². The Morgan fingerprint density at radius 1 is 1.17 bits per heavy atom. The lowest BCUT2D eigenvalue weighted by Gasteiger charge is -2.08. The summed E-state index contributed by atoms with van der Waals surface area (Å²) in [5, 5.41) is 0. The molecule has 2 aromatic heterocycles. The van der Waals surface area contributed by atoms with Gasteiger partial charge in [0.15, 0.2) is 11.4 Å². The van der Waals surface area contributed by atoms with E-state index < -0.39 is 0 Å². The summed E-state index contributed by atoms with van der Waals surface area (Å²) in [6.45, 7) is 2.35. The normalized spacial score (nSPS) is 10.7. The first-order chi connectivity index (χ1) is 11.2. The number of methoxy groups -OCH3 is 1. The van der Waals surface area contributed by atoms with Gasteiger partial charge in [-0.15, -0.1) is 0 Å². The standard InChI is InChI=1S/C18H18N2O3/c1-13-15(11-17(21)22-2)20-10-6-9-16(18(20)19-13)23-12-14-7-4-3-5-8-14/h3-10H,11-12H2,1-2H3. The van der Waals surface area contributed by atoms with Crippen molar-refractivity contribution in [3.05, 3.63) is 65.6 Å². The highest BCUT2D eigenvalue weighted by Crippen LogP contribution is 2.23. The maximum atomic E-state index is 11.6. The lowest BCUT2D eigenvalue weighted by Crippen LogP contribution is -2.08. The summed E-state index contributed by atoms with van der Waals surface area (Å²) in [5.74, 6) is 0.404. The Morgan fingerprint density at radius 2 is 1.96 bits per heavy atom. The molecule has 0 saturated carbocycles. The van der Waals surface area contributed by atoms with Crippen molar-refractivity contribution in [3.8, 4) is 5.75 Å². The maximum absolute atomic E-state index is 11.6. The number of fused-ring (bicyclic) bond motifs is 1. The second kappa shape index (κ2) is 6.52. The maximum Gasteiger partial charge on any atom is 0.311 e. The minimum absolute atomic E-state index is 0.186. The zero-order chi connectivity index (χ0) is 16.2. The van der Waals surface area contributed by atoms with Crippen molar-refractivity contribution >= 4 is 11.6 Å². The highest BCUT2D eigenvalue weighted by molar-refractivity contribution is 5.73. The quantitative estimate of drug-likeness (QED) is 0.680. The molecular weight excluding hydrogens is 292 g/mol. The van der Waals surface area contributed by atoms with Gasteiger partial charge in [0.1, 0.15) is 6.61 Å². The van der Waals surface area contributed by atoms with E-state index in [4.69, 9.17) is 9.47 Å². The molecule has 23 heavy (non-hydrogen) atoms. The summed E-state index contributed by atoms with van der Waals surface area (Å²) in [7, 11) is 1.38. The molecule has 0 spiro atoms. The minimum Gasteiger partial charge on any atom is -0.485 e. The number of hydrogen-bond donors (Lipinski definition) is 0. The summed E-state index contributed by atoms with van der Waals surface area (Å²) >= 11 is 0. The van der Waals surface area contributed by atoms with Gasteiger partial charge >= 0.3 is 5.97 Å². The average Bonchev–Trinajstić information content (AvgIpc) is 2.90. The van der Waals surface area contributed by atoms with Gasteiger partial charge in [-0.05, 0) is 24.6 Å². The average molecular weight is 310 g/mol. The van der Waals surface area contributed by atoms with Crippen LogP contribution in [0.2, 0.25) is 0 Å². The molecule has 0 fully saturated rings. The Bertz CT molecular complexity index is 825. The summed E-state index contributed by atoms with van der Waals surface area (Å²) in [5.41, 5.74) is 3.41. The zero-order valence-corrected chi connectivity index (χ0v) is 13.2. The lowest BCUT2D eigenvalue weighted by atomic mass is 10.2. The number of carbonyl (C=O) groups excluding carboxylic acids is 1. The monoisotopic (exact) mass is 310 g/mol. The van der Waals surface area contributed by atoms with Crippen LogP contribution in [0.15, 0.2) is 48.7 Å². The summed E-state index contributed by atoms with van der Waals surface area (Å²) < 4.78 is 12.5. The Balaban J connectivity index is 1.90. The molecule has 0 saturated heterocycles. The third-order valence-corrected chi connectivity index (χ3v) is 3.69. The fraction of sp³-hybridized carbons (Fsp3) is 0.222. The van der Waals surface area contributed by atoms with E-state index >= 15 is 0 Å². The number of hydrogen-bond acceptors (Lipinski definition) is 4. The highest BCUT2D eigenvalue weighted by Gasteiger charge is 2.15. The van der Waals surface area contributed by atoms with Crippen molar-refractivity contribution in [1.29, 1.82) is 0 Å². The van der Waals surface area contributed by atoms with Gasteiger partial charge in [0.25, 0.3) is 0 Å². The SMILES string of the molecule is COC(=O)Cc1c(C)nc2c(OCc3ccccc3)cccn12. The van der Waals surface area contributed by atoms with Crippen LogP contribution < -0.4 is 4.74 Å². The second-order valence-electron chi connectivity index (χ2n) is 5.24. The van der Waals surface area contributed by atoms with Crippen LogP contribution in [0.5, 0.6) is 5.75 Å². The van der Waals surface area contributed by atoms with Gasteiger partial charge in [0.05, 0.1) is 24.9 Å². The number of aryl methyl sites for hydroxylation is 1. The van der Waals surface area contributed by atoms with E-state index in [0.717, 1.165) is 17.0 Å². The van der Waals surface area contributed by atoms with E-state index in [2.05, 4.69) is 4.98 Å². The van der Waals surface area contributed by atoms with Crippen LogP contribution in [0, 0.1) is 6.92 Å². The van der Waals surface area contributed by atoms with Gasteiger partial charge in [0, 0.05) is 6.20 Å². The molecule has 0 amide bonds. The third-order valence-electron chi connectivity index (χ3n) is 3.69. The van der Waals surface area contributed by atoms with E-state index in [1.54, 1.807) is 0 Å². The third kappa shape index (κ3) is 3.18. The van der Waals surface area contributed by atoms with Crippen molar-refractivity contribution in [2.75, 3.05) is 7.11 Å². The number of aromatic nitrogens is 2. The largest absolute Gasteiger partial charge is 0.485 e. The number of imidazole rings is 1. The van der Waals surface area contributed by atoms with Crippen LogP contribution in [0.1, 0.15) is 17.0 Å². The minimum atomic E-state index is -0.287. The van der Waals surface area contributed by atoms with Crippen LogP contribution >= 0.6 is 0 Å². The van der Waals surface area contributed by atoms with Gasteiger partial charge in [0.2, 0.25) is 0 Å². The molecule has 0 aliphatic heterocycles. The number of rotatable bonds is 5. The van der Waals surface area contributed by atoms with Gasteiger partial charge < -0.3 is 13.9 Å². The van der Waals surface area contributed by atoms with E-state index in [0.29, 0.717) is 18.0 Å². The molecular formula is C18H18N2O3. The van der Waals surface area contributed by atoms with E-state index in [1.807, 2.05) is 60.0 Å². The number of ether oxygens (including phenoxy) is 2. The Hall–Kier alpha value is -2.82. The molecule has 1 aromatic carbocycles. The van der Waals surface area contributed by atoms with Crippen molar-refractivity contribution in [1.82, 2.24) is 9.38 Å². The van der Waals surface area contributed by atoms with Crippen LogP contribution in [0.3, 0.4) is 0 Å². The molecule has 5 heteroatoms. The summed E-state index contributed by atoms with van der Waals surface area (Å²) in [6.07, 6.45) is 2.06. The predicted molar refractivity (Wildman–Crippen MR) is 86.4 cm³/mol. The molecule has 118 valence electrons. The number of benzene rings is 1. The fourth-order valence-electron chi connectivity index (χ4n) is 2.47. The predicted octanol–water partition coefficient (Wildman–Crippen LogP) is 2.94. The first kappa shape index (κ1) is 15.1. The highest BCUT2D eigenvalue weighted by atomic mass is 16.5. The lowest BCUT2D eigenvalue weighted by molar-refractivity contribution is -0.139. The Morgan fingerprint density at radius 3 is 2.70 bits per heavy atom. The molecule has 2 heterocycles. The van der Waals surface area contributed by atoms with E-state index in [-0.39, 0.29) is 12.4 Å². The smallest absolute Gasteiger partial charge is 0.311 e. The zero-order valence-electron chi connectivity index (χ0n) is 13.2. The first-order valence-corrected chi connectivity index (χ1v) is 7.39. The number of esters is 1. The van der Waals surface area contributed by atoms with Crippen molar-refractivity contribution in [2.45, 2.75) is 20.0 Å². The molecule has 0 aliphatic rings. The molecule has 0 N–H and O–H groups in total. The number of carbonyl (C=O) groups is 1. The van der Waals surface area contributed by atoms with Crippen molar-refractivity contribution in [2.24, 2.45) is 0 Å². The van der Waals surface area contributed by atoms with E-state index in [9.17, 15) is 4.79 Å². The van der Waals surface area contributed by atoms with Gasteiger partial charge in [-0.1, -0.05) is 30.3 Å². The second-order valence-corrected chi connectivity index (χ2v) is 5.24. The molecule has 5 nitrogen and oxygen atoms in total. The van der Waals surface area contributed by atoms with Crippen molar-refractivity contribution < 1.29 is 14.3 Å². The number of pyridine rings is 1. The molecule has 0 bridgehead atoms. The molecule has 0 aliphatic carbocycles.